The topological polar surface area (TPSA) is 53.1 Å². The highest BCUT2D eigenvalue weighted by Crippen LogP contribution is 2.33. The van der Waals surface area contributed by atoms with Gasteiger partial charge in [-0.25, -0.2) is 4.39 Å². The summed E-state index contributed by atoms with van der Waals surface area (Å²) in [5.74, 6) is 0.746. The minimum atomic E-state index is -0.237. The molecule has 30 heavy (non-hydrogen) atoms. The molecule has 2 aliphatic heterocycles. The number of halogens is 2. The quantitative estimate of drug-likeness (QED) is 0.621. The fraction of sp³-hybridized carbons (Fsp3) is 0.619. The van der Waals surface area contributed by atoms with Crippen LogP contribution in [0.2, 0.25) is 0 Å². The van der Waals surface area contributed by atoms with Crippen molar-refractivity contribution in [3.63, 3.8) is 0 Å². The Balaban J connectivity index is 0.00000256. The van der Waals surface area contributed by atoms with Crippen molar-refractivity contribution in [3.8, 4) is 5.75 Å². The molecule has 1 aliphatic carbocycles. The Morgan fingerprint density at radius 3 is 2.47 bits per heavy atom. The van der Waals surface area contributed by atoms with E-state index in [4.69, 9.17) is 4.74 Å². The third kappa shape index (κ3) is 5.59. The van der Waals surface area contributed by atoms with Gasteiger partial charge < -0.3 is 9.64 Å². The number of ether oxygens (including phenoxy) is 1. The van der Waals surface area contributed by atoms with E-state index in [1.54, 1.807) is 12.1 Å². The van der Waals surface area contributed by atoms with E-state index in [-0.39, 0.29) is 41.2 Å². The van der Waals surface area contributed by atoms with Gasteiger partial charge in [-0.15, -0.1) is 12.4 Å². The molecule has 4 rings (SSSR count). The molecule has 0 N–H and O–H groups in total. The predicted octanol–water partition coefficient (Wildman–Crippen LogP) is 3.78. The molecule has 6 nitrogen and oxygen atoms in total. The van der Waals surface area contributed by atoms with Crippen LogP contribution in [0.25, 0.3) is 0 Å². The van der Waals surface area contributed by atoms with Crippen LogP contribution in [-0.4, -0.2) is 72.1 Å². The van der Waals surface area contributed by atoms with E-state index in [2.05, 4.69) is 9.80 Å². The van der Waals surface area contributed by atoms with Crippen LogP contribution in [-0.2, 0) is 4.79 Å². The standard InChI is InChI=1S/C21H28FN3O3S.ClH/c22-16-6-7-19(28-17-4-1-2-5-17)18(14-16)24-12-10-23(11-13-24)8-3-9-25-20(26)15-29-21(25)27;/h6-7,14,17H,1-5,8-13,15H2;1H. The van der Waals surface area contributed by atoms with E-state index < -0.39 is 0 Å². The van der Waals surface area contributed by atoms with E-state index in [0.29, 0.717) is 6.54 Å². The number of thioether (sulfide) groups is 1. The molecule has 1 aromatic carbocycles. The molecule has 2 saturated heterocycles. The molecule has 0 spiro atoms. The molecule has 2 heterocycles. The number of anilines is 1. The van der Waals surface area contributed by atoms with E-state index in [1.807, 2.05) is 0 Å². The van der Waals surface area contributed by atoms with Crippen LogP contribution in [0.3, 0.4) is 0 Å². The molecule has 0 atom stereocenters. The number of benzene rings is 1. The number of hydrogen-bond donors (Lipinski definition) is 0. The van der Waals surface area contributed by atoms with Gasteiger partial charge in [0.1, 0.15) is 11.6 Å². The van der Waals surface area contributed by atoms with Gasteiger partial charge in [0.15, 0.2) is 0 Å². The first-order valence-electron chi connectivity index (χ1n) is 10.5. The van der Waals surface area contributed by atoms with Gasteiger partial charge in [0.2, 0.25) is 5.91 Å². The number of nitrogens with zero attached hydrogens (tertiary/aromatic N) is 3. The van der Waals surface area contributed by atoms with Crippen LogP contribution in [0.4, 0.5) is 14.9 Å². The molecular weight excluding hydrogens is 429 g/mol. The average molecular weight is 458 g/mol. The summed E-state index contributed by atoms with van der Waals surface area (Å²) in [5, 5.41) is -0.124. The zero-order valence-electron chi connectivity index (χ0n) is 17.1. The molecule has 3 fully saturated rings. The van der Waals surface area contributed by atoms with Crippen LogP contribution in [0, 0.1) is 5.82 Å². The van der Waals surface area contributed by atoms with Gasteiger partial charge in [-0.3, -0.25) is 19.4 Å². The van der Waals surface area contributed by atoms with Crippen molar-refractivity contribution in [1.82, 2.24) is 9.80 Å². The second kappa shape index (κ2) is 10.7. The smallest absolute Gasteiger partial charge is 0.288 e. The summed E-state index contributed by atoms with van der Waals surface area (Å²) in [6.07, 6.45) is 5.58. The highest BCUT2D eigenvalue weighted by atomic mass is 35.5. The molecule has 2 amide bonds. The number of amides is 2. The molecule has 9 heteroatoms. The van der Waals surface area contributed by atoms with Crippen LogP contribution < -0.4 is 9.64 Å². The number of carbonyl (C=O) groups is 2. The van der Waals surface area contributed by atoms with Crippen LogP contribution >= 0.6 is 24.2 Å². The summed E-state index contributed by atoms with van der Waals surface area (Å²) >= 11 is 1.09. The minimum Gasteiger partial charge on any atom is -0.488 e. The number of piperazine rings is 1. The fourth-order valence-electron chi connectivity index (χ4n) is 4.29. The lowest BCUT2D eigenvalue weighted by molar-refractivity contribution is -0.124. The number of rotatable bonds is 7. The van der Waals surface area contributed by atoms with E-state index in [9.17, 15) is 14.0 Å². The van der Waals surface area contributed by atoms with Crippen LogP contribution in [0.1, 0.15) is 32.1 Å². The van der Waals surface area contributed by atoms with Crippen molar-refractivity contribution in [1.29, 1.82) is 0 Å². The first-order valence-corrected chi connectivity index (χ1v) is 11.5. The zero-order chi connectivity index (χ0) is 20.2. The Hall–Kier alpha value is -1.51. The van der Waals surface area contributed by atoms with Crippen molar-refractivity contribution in [2.45, 2.75) is 38.2 Å². The SMILES string of the molecule is Cl.O=C1CSC(=O)N1CCCN1CCN(c2cc(F)ccc2OC2CCCC2)CC1. The first-order chi connectivity index (χ1) is 14.1. The summed E-state index contributed by atoms with van der Waals surface area (Å²) in [5.41, 5.74) is 0.849. The molecular formula is C21H29ClFN3O3S. The normalized spacial score (nSPS) is 20.7. The summed E-state index contributed by atoms with van der Waals surface area (Å²) < 4.78 is 20.1. The van der Waals surface area contributed by atoms with Gasteiger partial charge in [0.05, 0.1) is 17.5 Å². The number of hydrogen-bond acceptors (Lipinski definition) is 6. The molecule has 0 radical (unpaired) electrons. The molecule has 3 aliphatic rings. The maximum atomic E-state index is 13.9. The highest BCUT2D eigenvalue weighted by molar-refractivity contribution is 8.14. The number of imide groups is 1. The minimum absolute atomic E-state index is 0. The summed E-state index contributed by atoms with van der Waals surface area (Å²) in [6, 6.07) is 4.82. The maximum absolute atomic E-state index is 13.9. The lowest BCUT2D eigenvalue weighted by Gasteiger charge is -2.37. The van der Waals surface area contributed by atoms with Gasteiger partial charge in [-0.1, -0.05) is 11.8 Å². The van der Waals surface area contributed by atoms with E-state index in [0.717, 1.165) is 75.2 Å². The van der Waals surface area contributed by atoms with Crippen molar-refractivity contribution in [2.24, 2.45) is 0 Å². The first kappa shape index (κ1) is 23.2. The van der Waals surface area contributed by atoms with Gasteiger partial charge in [-0.05, 0) is 50.8 Å². The van der Waals surface area contributed by atoms with Crippen molar-refractivity contribution < 1.29 is 18.7 Å². The van der Waals surface area contributed by atoms with Crippen molar-refractivity contribution in [2.75, 3.05) is 49.9 Å². The summed E-state index contributed by atoms with van der Waals surface area (Å²) in [4.78, 5) is 29.2. The van der Waals surface area contributed by atoms with Crippen molar-refractivity contribution >= 4 is 41.0 Å². The van der Waals surface area contributed by atoms with E-state index in [1.165, 1.54) is 23.8 Å². The Bertz CT molecular complexity index is 739. The molecule has 166 valence electrons. The Kier molecular flexibility index (Phi) is 8.25. The molecule has 0 unspecified atom stereocenters. The Labute approximate surface area is 187 Å². The maximum Gasteiger partial charge on any atom is 0.288 e. The molecule has 0 aromatic heterocycles. The van der Waals surface area contributed by atoms with Crippen LogP contribution in [0.5, 0.6) is 5.75 Å². The van der Waals surface area contributed by atoms with Gasteiger partial charge in [-0.2, -0.15) is 0 Å². The van der Waals surface area contributed by atoms with Gasteiger partial charge >= 0.3 is 0 Å². The Morgan fingerprint density at radius 2 is 1.80 bits per heavy atom. The van der Waals surface area contributed by atoms with E-state index >= 15 is 0 Å². The molecule has 0 bridgehead atoms. The summed E-state index contributed by atoms with van der Waals surface area (Å²) in [6.45, 7) is 4.70. The lowest BCUT2D eigenvalue weighted by atomic mass is 10.2. The number of carbonyl (C=O) groups excluding carboxylic acids is 2. The third-order valence-corrected chi connectivity index (χ3v) is 6.79. The highest BCUT2D eigenvalue weighted by Gasteiger charge is 2.29. The van der Waals surface area contributed by atoms with Crippen molar-refractivity contribution in [3.05, 3.63) is 24.0 Å². The Morgan fingerprint density at radius 1 is 1.07 bits per heavy atom. The van der Waals surface area contributed by atoms with Gasteiger partial charge in [0.25, 0.3) is 5.24 Å². The zero-order valence-corrected chi connectivity index (χ0v) is 18.7. The fourth-order valence-corrected chi connectivity index (χ4v) is 5.04. The molecule has 1 saturated carbocycles. The van der Waals surface area contributed by atoms with Crippen LogP contribution in [0.15, 0.2) is 18.2 Å². The largest absolute Gasteiger partial charge is 0.488 e. The second-order valence-electron chi connectivity index (χ2n) is 7.92. The predicted molar refractivity (Wildman–Crippen MR) is 119 cm³/mol. The molecule has 1 aromatic rings. The third-order valence-electron chi connectivity index (χ3n) is 5.93. The average Bonchev–Trinajstić information content (AvgIpc) is 3.35. The summed E-state index contributed by atoms with van der Waals surface area (Å²) in [7, 11) is 0. The lowest BCUT2D eigenvalue weighted by Crippen LogP contribution is -2.47. The second-order valence-corrected chi connectivity index (χ2v) is 8.85. The van der Waals surface area contributed by atoms with Gasteiger partial charge in [0, 0.05) is 38.8 Å². The monoisotopic (exact) mass is 457 g/mol.